The van der Waals surface area contributed by atoms with Gasteiger partial charge in [-0.3, -0.25) is 4.90 Å². The minimum atomic E-state index is -1.10. The predicted molar refractivity (Wildman–Crippen MR) is 71.3 cm³/mol. The van der Waals surface area contributed by atoms with Crippen LogP contribution in [0.5, 0.6) is 0 Å². The van der Waals surface area contributed by atoms with Gasteiger partial charge in [0.25, 0.3) is 0 Å². The van der Waals surface area contributed by atoms with Crippen molar-refractivity contribution in [2.75, 3.05) is 27.3 Å². The van der Waals surface area contributed by atoms with Gasteiger partial charge in [0.2, 0.25) is 0 Å². The molecule has 0 aliphatic rings. The first-order valence-electron chi connectivity index (χ1n) is 5.90. The fourth-order valence-corrected chi connectivity index (χ4v) is 1.62. The van der Waals surface area contributed by atoms with Crippen LogP contribution >= 0.6 is 0 Å². The van der Waals surface area contributed by atoms with E-state index < -0.39 is 11.8 Å². The number of carbonyl (C=O) groups is 1. The second kappa shape index (κ2) is 7.66. The summed E-state index contributed by atoms with van der Waals surface area (Å²) in [7, 11) is 3.58. The number of halogens is 1. The molecule has 0 spiro atoms. The average Bonchev–Trinajstić information content (AvgIpc) is 2.37. The minimum Gasteiger partial charge on any atom is -0.478 e. The molecule has 0 unspecified atom stereocenters. The average molecular weight is 267 g/mol. The Bertz CT molecular complexity index is 460. The number of methoxy groups -OCH3 is 1. The first kappa shape index (κ1) is 15.3. The largest absolute Gasteiger partial charge is 0.478 e. The Morgan fingerprint density at radius 3 is 2.89 bits per heavy atom. The SMILES string of the molecule is COCCN(C)Cc1ccc(F)c(/C=C/C(=O)O)c1. The highest BCUT2D eigenvalue weighted by Gasteiger charge is 2.04. The molecular weight excluding hydrogens is 249 g/mol. The zero-order chi connectivity index (χ0) is 14.3. The molecule has 4 nitrogen and oxygen atoms in total. The highest BCUT2D eigenvalue weighted by Crippen LogP contribution is 2.13. The third kappa shape index (κ3) is 5.63. The molecule has 0 amide bonds. The van der Waals surface area contributed by atoms with Gasteiger partial charge >= 0.3 is 5.97 Å². The highest BCUT2D eigenvalue weighted by molar-refractivity contribution is 5.85. The first-order valence-corrected chi connectivity index (χ1v) is 5.90. The van der Waals surface area contributed by atoms with Crippen LogP contribution in [0.4, 0.5) is 4.39 Å². The van der Waals surface area contributed by atoms with Crippen LogP contribution in [0, 0.1) is 5.82 Å². The number of hydrogen-bond acceptors (Lipinski definition) is 3. The molecule has 0 aromatic heterocycles. The van der Waals surface area contributed by atoms with Crippen molar-refractivity contribution >= 4 is 12.0 Å². The van der Waals surface area contributed by atoms with Gasteiger partial charge in [-0.2, -0.15) is 0 Å². The summed E-state index contributed by atoms with van der Waals surface area (Å²) in [5, 5.41) is 8.55. The Kier molecular flexibility index (Phi) is 6.18. The van der Waals surface area contributed by atoms with Gasteiger partial charge in [0.1, 0.15) is 5.82 Å². The molecule has 104 valence electrons. The molecule has 0 aliphatic heterocycles. The second-order valence-electron chi connectivity index (χ2n) is 4.26. The predicted octanol–water partition coefficient (Wildman–Crippen LogP) is 2.00. The Hall–Kier alpha value is -1.72. The number of carboxylic acid groups (broad SMARTS) is 1. The smallest absolute Gasteiger partial charge is 0.328 e. The van der Waals surface area contributed by atoms with E-state index in [-0.39, 0.29) is 5.56 Å². The fourth-order valence-electron chi connectivity index (χ4n) is 1.62. The van der Waals surface area contributed by atoms with Crippen molar-refractivity contribution in [2.45, 2.75) is 6.54 Å². The minimum absolute atomic E-state index is 0.278. The van der Waals surface area contributed by atoms with E-state index in [1.165, 1.54) is 12.1 Å². The van der Waals surface area contributed by atoms with Crippen LogP contribution in [0.1, 0.15) is 11.1 Å². The molecule has 5 heteroatoms. The molecule has 0 saturated heterocycles. The zero-order valence-corrected chi connectivity index (χ0v) is 11.1. The van der Waals surface area contributed by atoms with E-state index in [4.69, 9.17) is 9.84 Å². The monoisotopic (exact) mass is 267 g/mol. The molecule has 0 bridgehead atoms. The molecule has 0 fully saturated rings. The van der Waals surface area contributed by atoms with E-state index in [0.29, 0.717) is 13.2 Å². The number of nitrogens with zero attached hydrogens (tertiary/aromatic N) is 1. The Morgan fingerprint density at radius 2 is 2.26 bits per heavy atom. The van der Waals surface area contributed by atoms with Crippen molar-refractivity contribution in [2.24, 2.45) is 0 Å². The van der Waals surface area contributed by atoms with Gasteiger partial charge in [-0.25, -0.2) is 9.18 Å². The van der Waals surface area contributed by atoms with E-state index in [2.05, 4.69) is 0 Å². The van der Waals surface area contributed by atoms with Crippen molar-refractivity contribution in [1.29, 1.82) is 0 Å². The molecule has 1 rings (SSSR count). The van der Waals surface area contributed by atoms with Crippen molar-refractivity contribution in [3.63, 3.8) is 0 Å². The maximum Gasteiger partial charge on any atom is 0.328 e. The lowest BCUT2D eigenvalue weighted by atomic mass is 10.1. The van der Waals surface area contributed by atoms with Crippen LogP contribution in [0.2, 0.25) is 0 Å². The molecule has 1 aromatic rings. The molecule has 0 radical (unpaired) electrons. The van der Waals surface area contributed by atoms with Crippen LogP contribution in [-0.4, -0.2) is 43.3 Å². The number of ether oxygens (including phenoxy) is 1. The summed E-state index contributed by atoms with van der Waals surface area (Å²) in [4.78, 5) is 12.5. The summed E-state index contributed by atoms with van der Waals surface area (Å²) >= 11 is 0. The van der Waals surface area contributed by atoms with Crippen LogP contribution in [-0.2, 0) is 16.1 Å². The van der Waals surface area contributed by atoms with E-state index in [1.54, 1.807) is 19.2 Å². The fraction of sp³-hybridized carbons (Fsp3) is 0.357. The van der Waals surface area contributed by atoms with Gasteiger partial charge in [-0.05, 0) is 30.8 Å². The summed E-state index contributed by atoms with van der Waals surface area (Å²) in [5.41, 5.74) is 1.20. The lowest BCUT2D eigenvalue weighted by Crippen LogP contribution is -2.22. The van der Waals surface area contributed by atoms with Crippen LogP contribution < -0.4 is 0 Å². The van der Waals surface area contributed by atoms with Crippen molar-refractivity contribution in [3.05, 3.63) is 41.2 Å². The molecule has 0 atom stereocenters. The maximum absolute atomic E-state index is 13.5. The summed E-state index contributed by atoms with van der Waals surface area (Å²) in [6.45, 7) is 2.05. The van der Waals surface area contributed by atoms with Gasteiger partial charge in [-0.15, -0.1) is 0 Å². The third-order valence-electron chi connectivity index (χ3n) is 2.60. The molecule has 1 N–H and O–H groups in total. The Balaban J connectivity index is 2.75. The van der Waals surface area contributed by atoms with Gasteiger partial charge in [0, 0.05) is 31.8 Å². The molecule has 1 aromatic carbocycles. The quantitative estimate of drug-likeness (QED) is 0.768. The van der Waals surface area contributed by atoms with E-state index >= 15 is 0 Å². The van der Waals surface area contributed by atoms with Crippen molar-refractivity contribution in [1.82, 2.24) is 4.90 Å². The molecular formula is C14H18FNO3. The normalized spacial score (nSPS) is 11.4. The number of hydrogen-bond donors (Lipinski definition) is 1. The van der Waals surface area contributed by atoms with Crippen molar-refractivity contribution < 1.29 is 19.0 Å². The number of carboxylic acids is 1. The number of benzene rings is 1. The lowest BCUT2D eigenvalue weighted by molar-refractivity contribution is -0.131. The molecule has 0 aliphatic carbocycles. The van der Waals surface area contributed by atoms with Gasteiger partial charge in [0.15, 0.2) is 0 Å². The molecule has 0 saturated carbocycles. The van der Waals surface area contributed by atoms with Crippen molar-refractivity contribution in [3.8, 4) is 0 Å². The number of likely N-dealkylation sites (N-methyl/N-ethyl adjacent to an activating group) is 1. The Morgan fingerprint density at radius 1 is 1.53 bits per heavy atom. The Labute approximate surface area is 112 Å². The topological polar surface area (TPSA) is 49.8 Å². The summed E-state index contributed by atoms with van der Waals surface area (Å²) in [6.07, 6.45) is 2.19. The third-order valence-corrected chi connectivity index (χ3v) is 2.60. The summed E-state index contributed by atoms with van der Waals surface area (Å²) in [5.74, 6) is -1.53. The standard InChI is InChI=1S/C14H18FNO3/c1-16(7-8-19-2)10-11-3-5-13(15)12(9-11)4-6-14(17)18/h3-6,9H,7-8,10H2,1-2H3,(H,17,18)/b6-4+. The molecule has 0 heterocycles. The lowest BCUT2D eigenvalue weighted by Gasteiger charge is -2.16. The van der Waals surface area contributed by atoms with Crippen LogP contribution in [0.25, 0.3) is 6.08 Å². The number of aliphatic carboxylic acids is 1. The van der Waals surface area contributed by atoms with Gasteiger partial charge < -0.3 is 9.84 Å². The summed E-state index contributed by atoms with van der Waals surface area (Å²) < 4.78 is 18.5. The first-order chi connectivity index (χ1) is 9.02. The highest BCUT2D eigenvalue weighted by atomic mass is 19.1. The molecule has 19 heavy (non-hydrogen) atoms. The zero-order valence-electron chi connectivity index (χ0n) is 11.1. The number of rotatable bonds is 7. The van der Waals surface area contributed by atoms with Crippen LogP contribution in [0.3, 0.4) is 0 Å². The maximum atomic E-state index is 13.5. The van der Waals surface area contributed by atoms with E-state index in [9.17, 15) is 9.18 Å². The second-order valence-corrected chi connectivity index (χ2v) is 4.26. The van der Waals surface area contributed by atoms with Gasteiger partial charge in [-0.1, -0.05) is 6.07 Å². The van der Waals surface area contributed by atoms with Crippen LogP contribution in [0.15, 0.2) is 24.3 Å². The van der Waals surface area contributed by atoms with Gasteiger partial charge in [0.05, 0.1) is 6.61 Å². The van der Waals surface area contributed by atoms with E-state index in [0.717, 1.165) is 18.2 Å². The summed E-state index contributed by atoms with van der Waals surface area (Å²) in [6, 6.07) is 4.69. The van der Waals surface area contributed by atoms with E-state index in [1.807, 2.05) is 11.9 Å².